The quantitative estimate of drug-likeness (QED) is 0.490. The fourth-order valence-corrected chi connectivity index (χ4v) is 1.76. The first kappa shape index (κ1) is 19.7. The molecule has 2 N–H and O–H groups in total. The third-order valence-electron chi connectivity index (χ3n) is 2.62. The van der Waals surface area contributed by atoms with Crippen LogP contribution < -0.4 is 18.9 Å². The maximum atomic E-state index is 13.1. The van der Waals surface area contributed by atoms with Crippen LogP contribution in [0.2, 0.25) is 0 Å². The second-order valence-corrected chi connectivity index (χ2v) is 3.95. The Labute approximate surface area is 135 Å². The normalized spacial score (nSPS) is 9.36. The van der Waals surface area contributed by atoms with Crippen molar-refractivity contribution in [3.05, 3.63) is 63.7 Å². The molecule has 0 amide bonds. The molecule has 0 unspecified atom stereocenters. The van der Waals surface area contributed by atoms with E-state index in [4.69, 9.17) is 5.11 Å². The van der Waals surface area contributed by atoms with Gasteiger partial charge in [-0.25, -0.2) is 13.6 Å². The summed E-state index contributed by atoms with van der Waals surface area (Å²) in [6, 6.07) is 5.93. The molecule has 2 aromatic rings. The number of halogens is 2. The van der Waals surface area contributed by atoms with Crippen molar-refractivity contribution in [2.24, 2.45) is 0 Å². The molecule has 0 aliphatic carbocycles. The van der Waals surface area contributed by atoms with E-state index in [9.17, 15) is 23.7 Å². The molecular weight excluding hydrogens is 295 g/mol. The summed E-state index contributed by atoms with van der Waals surface area (Å²) in [5, 5.41) is 19.7. The summed E-state index contributed by atoms with van der Waals surface area (Å²) >= 11 is 0. The number of benzene rings is 2. The van der Waals surface area contributed by atoms with Gasteiger partial charge in [-0.15, -0.1) is 0 Å². The molecule has 0 aromatic heterocycles. The van der Waals surface area contributed by atoms with Gasteiger partial charge < -0.3 is 10.6 Å². The Morgan fingerprint density at radius 1 is 1.05 bits per heavy atom. The molecule has 9 heteroatoms. The molecule has 0 saturated heterocycles. The standard InChI is InChI=1S/C13H7F2NO4.Li.H2O/c14-9-3-8(4-10(15)6-9)7-1-2-11(13(17)18)12(5-7)16(19)20;;/h1-6H,(H,17,18);;1H2/q;+1;/p-1. The van der Waals surface area contributed by atoms with E-state index in [1.54, 1.807) is 0 Å². The van der Waals surface area contributed by atoms with E-state index < -0.39 is 33.8 Å². The first-order chi connectivity index (χ1) is 9.38. The molecular formula is C13H8F2LiNO5. The Kier molecular flexibility index (Phi) is 6.86. The van der Waals surface area contributed by atoms with Crippen molar-refractivity contribution in [2.45, 2.75) is 0 Å². The van der Waals surface area contributed by atoms with Gasteiger partial charge in [-0.3, -0.25) is 10.1 Å². The first-order valence-corrected chi connectivity index (χ1v) is 5.36. The van der Waals surface area contributed by atoms with E-state index in [-0.39, 0.29) is 35.5 Å². The number of rotatable bonds is 3. The van der Waals surface area contributed by atoms with E-state index in [1.165, 1.54) is 6.07 Å². The third kappa shape index (κ3) is 4.11. The molecule has 6 nitrogen and oxygen atoms in total. The minimum atomic E-state index is -1.45. The number of nitro benzene ring substituents is 1. The Bertz CT molecular complexity index is 703. The van der Waals surface area contributed by atoms with E-state index in [0.29, 0.717) is 6.07 Å². The minimum Gasteiger partial charge on any atom is -0.870 e. The van der Waals surface area contributed by atoms with Gasteiger partial charge in [0.15, 0.2) is 0 Å². The van der Waals surface area contributed by atoms with Crippen molar-refractivity contribution in [3.63, 3.8) is 0 Å². The summed E-state index contributed by atoms with van der Waals surface area (Å²) in [6.07, 6.45) is 0. The molecule has 2 aromatic carbocycles. The molecule has 0 fully saturated rings. The Morgan fingerprint density at radius 3 is 2.05 bits per heavy atom. The van der Waals surface area contributed by atoms with Crippen LogP contribution in [-0.2, 0) is 0 Å². The summed E-state index contributed by atoms with van der Waals surface area (Å²) in [7, 11) is 0. The second kappa shape index (κ2) is 7.66. The molecule has 0 aliphatic rings. The van der Waals surface area contributed by atoms with Crippen molar-refractivity contribution < 1.29 is 47.9 Å². The van der Waals surface area contributed by atoms with Gasteiger partial charge in [0.1, 0.15) is 17.2 Å². The summed E-state index contributed by atoms with van der Waals surface area (Å²) in [5.74, 6) is -3.11. The minimum absolute atomic E-state index is 0. The maximum absolute atomic E-state index is 13.1. The van der Waals surface area contributed by atoms with E-state index >= 15 is 0 Å². The van der Waals surface area contributed by atoms with Crippen LogP contribution in [0.25, 0.3) is 11.1 Å². The molecule has 2 rings (SSSR count). The van der Waals surface area contributed by atoms with Gasteiger partial charge in [-0.1, -0.05) is 6.07 Å². The van der Waals surface area contributed by atoms with Crippen LogP contribution in [0.4, 0.5) is 14.5 Å². The maximum Gasteiger partial charge on any atom is 1.00 e. The largest absolute Gasteiger partial charge is 1.00 e. The van der Waals surface area contributed by atoms with Crippen LogP contribution in [0, 0.1) is 21.7 Å². The van der Waals surface area contributed by atoms with Crippen molar-refractivity contribution >= 4 is 11.7 Å². The monoisotopic (exact) mass is 303 g/mol. The van der Waals surface area contributed by atoms with Crippen LogP contribution in [0.15, 0.2) is 36.4 Å². The molecule has 0 saturated carbocycles. The smallest absolute Gasteiger partial charge is 0.870 e. The van der Waals surface area contributed by atoms with Crippen molar-refractivity contribution in [1.82, 2.24) is 0 Å². The summed E-state index contributed by atoms with van der Waals surface area (Å²) in [4.78, 5) is 20.8. The van der Waals surface area contributed by atoms with Crippen molar-refractivity contribution in [1.29, 1.82) is 0 Å². The zero-order valence-corrected chi connectivity index (χ0v) is 11.3. The Morgan fingerprint density at radius 2 is 1.59 bits per heavy atom. The number of hydrogen-bond acceptors (Lipinski definition) is 4. The number of aromatic carboxylic acids is 1. The number of nitrogens with zero attached hydrogens (tertiary/aromatic N) is 1. The van der Waals surface area contributed by atoms with Crippen LogP contribution in [-0.4, -0.2) is 21.5 Å². The van der Waals surface area contributed by atoms with Crippen LogP contribution >= 0.6 is 0 Å². The molecule has 0 heterocycles. The Hall–Kier alpha value is -2.27. The molecule has 0 bridgehead atoms. The summed E-state index contributed by atoms with van der Waals surface area (Å²) in [6.45, 7) is 0. The van der Waals surface area contributed by atoms with E-state index in [0.717, 1.165) is 24.3 Å². The SMILES string of the molecule is O=C(O)c1ccc(-c2cc(F)cc(F)c2)cc1[N+](=O)[O-].[Li+].[OH-]. The number of hydrogen-bond donors (Lipinski definition) is 1. The molecule has 0 aliphatic heterocycles. The molecule has 0 radical (unpaired) electrons. The Balaban J connectivity index is 0.00000220. The van der Waals surface area contributed by atoms with Gasteiger partial charge in [-0.05, 0) is 29.3 Å². The van der Waals surface area contributed by atoms with Gasteiger partial charge >= 0.3 is 24.8 Å². The fourth-order valence-electron chi connectivity index (χ4n) is 1.76. The average Bonchev–Trinajstić information content (AvgIpc) is 2.36. The average molecular weight is 303 g/mol. The van der Waals surface area contributed by atoms with Gasteiger partial charge in [0.05, 0.1) is 4.92 Å². The van der Waals surface area contributed by atoms with Gasteiger partial charge in [0.25, 0.3) is 5.69 Å². The van der Waals surface area contributed by atoms with Crippen molar-refractivity contribution in [2.75, 3.05) is 0 Å². The molecule has 0 spiro atoms. The predicted molar refractivity (Wildman–Crippen MR) is 67.3 cm³/mol. The molecule has 110 valence electrons. The number of carboxylic acid groups (broad SMARTS) is 1. The molecule has 0 atom stereocenters. The van der Waals surface area contributed by atoms with Crippen LogP contribution in [0.1, 0.15) is 10.4 Å². The third-order valence-corrected chi connectivity index (χ3v) is 2.62. The topological polar surface area (TPSA) is 110 Å². The van der Waals surface area contributed by atoms with Gasteiger partial charge in [-0.2, -0.15) is 0 Å². The zero-order chi connectivity index (χ0) is 14.9. The zero-order valence-electron chi connectivity index (χ0n) is 11.3. The predicted octanol–water partition coefficient (Wildman–Crippen LogP) is 0.0654. The van der Waals surface area contributed by atoms with Crippen LogP contribution in [0.3, 0.4) is 0 Å². The summed E-state index contributed by atoms with van der Waals surface area (Å²) < 4.78 is 26.2. The van der Waals surface area contributed by atoms with Gasteiger partial charge in [0.2, 0.25) is 0 Å². The van der Waals surface area contributed by atoms with Crippen LogP contribution in [0.5, 0.6) is 0 Å². The number of nitro groups is 1. The van der Waals surface area contributed by atoms with E-state index in [1.807, 2.05) is 0 Å². The van der Waals surface area contributed by atoms with E-state index in [2.05, 4.69) is 0 Å². The van der Waals surface area contributed by atoms with Crippen molar-refractivity contribution in [3.8, 4) is 11.1 Å². The second-order valence-electron chi connectivity index (χ2n) is 3.95. The number of carboxylic acids is 1. The summed E-state index contributed by atoms with van der Waals surface area (Å²) in [5.41, 5.74) is -0.891. The fraction of sp³-hybridized carbons (Fsp3) is 0. The first-order valence-electron chi connectivity index (χ1n) is 5.36. The number of carbonyl (C=O) groups is 1. The van der Waals surface area contributed by atoms with Gasteiger partial charge in [0, 0.05) is 12.1 Å². The molecule has 22 heavy (non-hydrogen) atoms.